The summed E-state index contributed by atoms with van der Waals surface area (Å²) >= 11 is 0. The Bertz CT molecular complexity index is 568. The van der Waals surface area contributed by atoms with Gasteiger partial charge in [0, 0.05) is 0 Å². The number of oxazole rings is 1. The first kappa shape index (κ1) is 14.2. The first-order valence-corrected chi connectivity index (χ1v) is 6.29. The maximum atomic E-state index is 12.0. The van der Waals surface area contributed by atoms with Gasteiger partial charge in [0.25, 0.3) is 5.91 Å². The molecule has 0 fully saturated rings. The largest absolute Gasteiger partial charge is 0.446 e. The minimum atomic E-state index is -0.719. The fourth-order valence-corrected chi connectivity index (χ4v) is 1.74. The summed E-state index contributed by atoms with van der Waals surface area (Å²) in [5.41, 5.74) is 6.70. The van der Waals surface area contributed by atoms with Gasteiger partial charge in [0.1, 0.15) is 12.3 Å². The second-order valence-electron chi connectivity index (χ2n) is 4.47. The molecule has 1 heterocycles. The third kappa shape index (κ3) is 3.23. The van der Waals surface area contributed by atoms with Crippen LogP contribution in [0.5, 0.6) is 0 Å². The van der Waals surface area contributed by atoms with Gasteiger partial charge in [0.2, 0.25) is 5.89 Å². The van der Waals surface area contributed by atoms with Crippen LogP contribution in [0.4, 0.5) is 0 Å². The van der Waals surface area contributed by atoms with Crippen molar-refractivity contribution in [3.8, 4) is 0 Å². The van der Waals surface area contributed by atoms with Crippen LogP contribution < -0.4 is 11.1 Å². The Labute approximate surface area is 116 Å². The summed E-state index contributed by atoms with van der Waals surface area (Å²) in [6.45, 7) is 1.59. The van der Waals surface area contributed by atoms with Gasteiger partial charge in [-0.15, -0.1) is 0 Å². The van der Waals surface area contributed by atoms with Crippen molar-refractivity contribution >= 4 is 5.91 Å². The molecule has 1 aromatic heterocycles. The zero-order chi connectivity index (χ0) is 14.5. The minimum Gasteiger partial charge on any atom is -0.446 e. The maximum absolute atomic E-state index is 12.0. The number of nitrogens with one attached hydrogen (secondary N) is 1. The van der Waals surface area contributed by atoms with E-state index in [0.29, 0.717) is 0 Å². The van der Waals surface area contributed by atoms with Crippen molar-refractivity contribution in [3.63, 3.8) is 0 Å². The Hall–Kier alpha value is -2.18. The van der Waals surface area contributed by atoms with Crippen LogP contribution in [0.3, 0.4) is 0 Å². The molecule has 1 amide bonds. The van der Waals surface area contributed by atoms with E-state index in [1.54, 1.807) is 0 Å². The molecule has 0 radical (unpaired) electrons. The van der Waals surface area contributed by atoms with Crippen molar-refractivity contribution in [2.24, 2.45) is 5.73 Å². The van der Waals surface area contributed by atoms with Crippen molar-refractivity contribution in [1.82, 2.24) is 10.3 Å². The van der Waals surface area contributed by atoms with Gasteiger partial charge in [0.05, 0.1) is 12.6 Å². The van der Waals surface area contributed by atoms with Crippen LogP contribution in [0.1, 0.15) is 41.0 Å². The van der Waals surface area contributed by atoms with E-state index in [4.69, 9.17) is 15.3 Å². The zero-order valence-corrected chi connectivity index (χ0v) is 11.1. The molecule has 2 unspecified atom stereocenters. The molecular weight excluding hydrogens is 258 g/mol. The minimum absolute atomic E-state index is 0.143. The van der Waals surface area contributed by atoms with E-state index in [2.05, 4.69) is 10.3 Å². The van der Waals surface area contributed by atoms with Gasteiger partial charge >= 0.3 is 0 Å². The van der Waals surface area contributed by atoms with E-state index in [0.717, 1.165) is 5.56 Å². The quantitative estimate of drug-likeness (QED) is 0.760. The molecule has 0 aliphatic rings. The number of aliphatic hydroxyl groups is 1. The molecule has 2 aromatic rings. The van der Waals surface area contributed by atoms with Gasteiger partial charge in [-0.25, -0.2) is 4.98 Å². The first-order valence-electron chi connectivity index (χ1n) is 6.29. The molecule has 6 nitrogen and oxygen atoms in total. The van der Waals surface area contributed by atoms with Gasteiger partial charge in [0.15, 0.2) is 5.69 Å². The fourth-order valence-electron chi connectivity index (χ4n) is 1.74. The lowest BCUT2D eigenvalue weighted by Crippen LogP contribution is -2.27. The normalized spacial score (nSPS) is 13.8. The third-order valence-electron chi connectivity index (χ3n) is 2.92. The summed E-state index contributed by atoms with van der Waals surface area (Å²) in [6, 6.07) is 8.73. The van der Waals surface area contributed by atoms with E-state index >= 15 is 0 Å². The molecule has 0 saturated carbocycles. The third-order valence-corrected chi connectivity index (χ3v) is 2.92. The lowest BCUT2D eigenvalue weighted by atomic mass is 10.1. The zero-order valence-electron chi connectivity index (χ0n) is 11.1. The van der Waals surface area contributed by atoms with E-state index < -0.39 is 6.04 Å². The Morgan fingerprint density at radius 3 is 2.80 bits per heavy atom. The molecule has 106 valence electrons. The van der Waals surface area contributed by atoms with E-state index in [-0.39, 0.29) is 30.1 Å². The predicted octanol–water partition coefficient (Wildman–Crippen LogP) is 1.16. The average molecular weight is 275 g/mol. The van der Waals surface area contributed by atoms with Gasteiger partial charge in [-0.1, -0.05) is 30.3 Å². The van der Waals surface area contributed by atoms with E-state index in [1.165, 1.54) is 6.26 Å². The molecule has 2 atom stereocenters. The number of nitrogens with zero attached hydrogens (tertiary/aromatic N) is 1. The number of nitrogens with two attached hydrogens (primary N) is 1. The molecule has 6 heteroatoms. The Morgan fingerprint density at radius 2 is 2.15 bits per heavy atom. The molecule has 0 saturated heterocycles. The van der Waals surface area contributed by atoms with Crippen LogP contribution in [0.2, 0.25) is 0 Å². The monoisotopic (exact) mass is 275 g/mol. The summed E-state index contributed by atoms with van der Waals surface area (Å²) in [4.78, 5) is 16.0. The summed E-state index contributed by atoms with van der Waals surface area (Å²) in [7, 11) is 0. The molecule has 1 aromatic carbocycles. The number of aromatic nitrogens is 1. The molecule has 4 N–H and O–H groups in total. The SMILES string of the molecule is CC(NC(=O)c1coc(C(N)CO)n1)c1ccccc1. The summed E-state index contributed by atoms with van der Waals surface area (Å²) in [5.74, 6) is -0.202. The van der Waals surface area contributed by atoms with Crippen molar-refractivity contribution in [1.29, 1.82) is 0 Å². The lowest BCUT2D eigenvalue weighted by Gasteiger charge is -2.12. The Kier molecular flexibility index (Phi) is 4.49. The lowest BCUT2D eigenvalue weighted by molar-refractivity contribution is 0.0934. The second-order valence-corrected chi connectivity index (χ2v) is 4.47. The number of rotatable bonds is 5. The molecule has 2 rings (SSSR count). The predicted molar refractivity (Wildman–Crippen MR) is 72.8 cm³/mol. The number of carbonyl (C=O) groups excluding carboxylic acids is 1. The standard InChI is InChI=1S/C14H17N3O3/c1-9(10-5-3-2-4-6-10)16-13(19)12-8-20-14(17-12)11(15)7-18/h2-6,8-9,11,18H,7,15H2,1H3,(H,16,19). The van der Waals surface area contributed by atoms with Gasteiger partial charge in [-0.3, -0.25) is 4.79 Å². The average Bonchev–Trinajstić information content (AvgIpc) is 2.97. The molecule has 0 spiro atoms. The molecule has 0 aliphatic carbocycles. The molecule has 20 heavy (non-hydrogen) atoms. The fraction of sp³-hybridized carbons (Fsp3) is 0.286. The van der Waals surface area contributed by atoms with Crippen molar-refractivity contribution in [3.05, 3.63) is 53.7 Å². The number of hydrogen-bond donors (Lipinski definition) is 3. The highest BCUT2D eigenvalue weighted by Crippen LogP contribution is 2.13. The summed E-state index contributed by atoms with van der Waals surface area (Å²) in [5, 5.41) is 11.7. The van der Waals surface area contributed by atoms with Crippen LogP contribution in [0.15, 0.2) is 41.0 Å². The Balaban J connectivity index is 2.03. The molecular formula is C14H17N3O3. The second kappa shape index (κ2) is 6.31. The maximum Gasteiger partial charge on any atom is 0.273 e. The Morgan fingerprint density at radius 1 is 1.45 bits per heavy atom. The topological polar surface area (TPSA) is 101 Å². The van der Waals surface area contributed by atoms with E-state index in [9.17, 15) is 4.79 Å². The van der Waals surface area contributed by atoms with Crippen LogP contribution in [-0.2, 0) is 0 Å². The number of aliphatic hydroxyl groups excluding tert-OH is 1. The van der Waals surface area contributed by atoms with Gasteiger partial charge in [-0.2, -0.15) is 0 Å². The van der Waals surface area contributed by atoms with Crippen LogP contribution in [-0.4, -0.2) is 22.6 Å². The number of hydrogen-bond acceptors (Lipinski definition) is 5. The highest BCUT2D eigenvalue weighted by molar-refractivity contribution is 5.92. The summed E-state index contributed by atoms with van der Waals surface area (Å²) in [6.07, 6.45) is 1.23. The molecule has 0 bridgehead atoms. The number of benzene rings is 1. The van der Waals surface area contributed by atoms with Crippen molar-refractivity contribution in [2.45, 2.75) is 19.0 Å². The first-order chi connectivity index (χ1) is 9.61. The van der Waals surface area contributed by atoms with E-state index in [1.807, 2.05) is 37.3 Å². The summed E-state index contributed by atoms with van der Waals surface area (Å²) < 4.78 is 5.07. The van der Waals surface area contributed by atoms with Crippen LogP contribution in [0.25, 0.3) is 0 Å². The number of carbonyl (C=O) groups is 1. The smallest absolute Gasteiger partial charge is 0.273 e. The van der Waals surface area contributed by atoms with Crippen LogP contribution in [0, 0.1) is 0 Å². The highest BCUT2D eigenvalue weighted by atomic mass is 16.3. The molecule has 0 aliphatic heterocycles. The van der Waals surface area contributed by atoms with Gasteiger partial charge < -0.3 is 20.6 Å². The highest BCUT2D eigenvalue weighted by Gasteiger charge is 2.18. The van der Waals surface area contributed by atoms with Crippen LogP contribution >= 0.6 is 0 Å². The van der Waals surface area contributed by atoms with Crippen molar-refractivity contribution < 1.29 is 14.3 Å². The number of amides is 1. The van der Waals surface area contributed by atoms with Gasteiger partial charge in [-0.05, 0) is 12.5 Å². The van der Waals surface area contributed by atoms with Crippen molar-refractivity contribution in [2.75, 3.05) is 6.61 Å².